The van der Waals surface area contributed by atoms with Crippen molar-refractivity contribution in [3.05, 3.63) is 72.6 Å². The minimum atomic E-state index is 0.413. The molecule has 1 saturated heterocycles. The van der Waals surface area contributed by atoms with Crippen LogP contribution in [0.1, 0.15) is 38.2 Å². The van der Waals surface area contributed by atoms with Gasteiger partial charge in [0, 0.05) is 37.6 Å². The van der Waals surface area contributed by atoms with Crippen LogP contribution in [0.25, 0.3) is 16.9 Å². The summed E-state index contributed by atoms with van der Waals surface area (Å²) in [5.41, 5.74) is 3.39. The first-order valence-corrected chi connectivity index (χ1v) is 11.5. The van der Waals surface area contributed by atoms with Crippen molar-refractivity contribution in [2.24, 2.45) is 5.92 Å². The molecule has 1 fully saturated rings. The fraction of sp³-hybridized carbons (Fsp3) is 0.346. The van der Waals surface area contributed by atoms with Crippen molar-refractivity contribution in [2.45, 2.75) is 32.6 Å². The van der Waals surface area contributed by atoms with E-state index in [1.807, 2.05) is 29.0 Å². The zero-order chi connectivity index (χ0) is 21.9. The van der Waals surface area contributed by atoms with Gasteiger partial charge in [0.2, 0.25) is 0 Å². The standard InChI is InChI=1S/C26H30N6/c1-19(2)21-8-3-4-9-22(21)25-29-26(23-10-7-15-32(23)30-25)28-18-20-12-16-31(17-13-20)24-11-5-6-14-27-24/h3-11,14-15,19-20H,12-13,16-18H2,1-2H3,(H,28,29,30). The van der Waals surface area contributed by atoms with E-state index in [9.17, 15) is 0 Å². The Labute approximate surface area is 189 Å². The first-order valence-electron chi connectivity index (χ1n) is 11.5. The van der Waals surface area contributed by atoms with Crippen LogP contribution in [0, 0.1) is 5.92 Å². The summed E-state index contributed by atoms with van der Waals surface area (Å²) >= 11 is 0. The second-order valence-corrected chi connectivity index (χ2v) is 8.86. The fourth-order valence-corrected chi connectivity index (χ4v) is 4.53. The molecule has 164 valence electrons. The molecule has 0 unspecified atom stereocenters. The van der Waals surface area contributed by atoms with E-state index in [0.717, 1.165) is 61.0 Å². The quantitative estimate of drug-likeness (QED) is 0.457. The average Bonchev–Trinajstić information content (AvgIpc) is 3.32. The van der Waals surface area contributed by atoms with Gasteiger partial charge in [-0.05, 0) is 54.5 Å². The minimum absolute atomic E-state index is 0.413. The van der Waals surface area contributed by atoms with Gasteiger partial charge in [0.25, 0.3) is 0 Å². The molecular weight excluding hydrogens is 396 g/mol. The zero-order valence-corrected chi connectivity index (χ0v) is 18.8. The number of benzene rings is 1. The lowest BCUT2D eigenvalue weighted by atomic mass is 9.96. The molecule has 6 heteroatoms. The van der Waals surface area contributed by atoms with Gasteiger partial charge < -0.3 is 10.2 Å². The Hall–Kier alpha value is -3.41. The topological polar surface area (TPSA) is 58.4 Å². The van der Waals surface area contributed by atoms with Crippen molar-refractivity contribution in [1.29, 1.82) is 0 Å². The lowest BCUT2D eigenvalue weighted by molar-refractivity contribution is 0.421. The maximum atomic E-state index is 4.97. The van der Waals surface area contributed by atoms with Gasteiger partial charge in [-0.1, -0.05) is 44.2 Å². The number of nitrogens with zero attached hydrogens (tertiary/aromatic N) is 5. The lowest BCUT2D eigenvalue weighted by Gasteiger charge is -2.33. The van der Waals surface area contributed by atoms with Crippen LogP contribution < -0.4 is 10.2 Å². The number of fused-ring (bicyclic) bond motifs is 1. The Morgan fingerprint density at radius 3 is 2.59 bits per heavy atom. The summed E-state index contributed by atoms with van der Waals surface area (Å²) in [5.74, 6) is 3.79. The second kappa shape index (κ2) is 8.99. The number of aromatic nitrogens is 4. The first-order chi connectivity index (χ1) is 15.7. The number of anilines is 2. The van der Waals surface area contributed by atoms with Crippen LogP contribution in [0.4, 0.5) is 11.6 Å². The molecule has 3 aromatic heterocycles. The van der Waals surface area contributed by atoms with Crippen molar-refractivity contribution in [3.8, 4) is 11.4 Å². The van der Waals surface area contributed by atoms with E-state index in [-0.39, 0.29) is 0 Å². The van der Waals surface area contributed by atoms with E-state index >= 15 is 0 Å². The molecule has 1 aliphatic rings. The molecule has 0 amide bonds. The molecule has 0 radical (unpaired) electrons. The Bertz CT molecular complexity index is 1180. The van der Waals surface area contributed by atoms with Gasteiger partial charge in [-0.2, -0.15) is 0 Å². The van der Waals surface area contributed by atoms with Crippen LogP contribution in [0.15, 0.2) is 67.0 Å². The average molecular weight is 427 g/mol. The van der Waals surface area contributed by atoms with Crippen LogP contribution >= 0.6 is 0 Å². The van der Waals surface area contributed by atoms with E-state index in [4.69, 9.17) is 10.1 Å². The highest BCUT2D eigenvalue weighted by Gasteiger charge is 2.21. The third-order valence-corrected chi connectivity index (χ3v) is 6.36. The van der Waals surface area contributed by atoms with Crippen molar-refractivity contribution in [2.75, 3.05) is 29.9 Å². The molecule has 0 spiro atoms. The van der Waals surface area contributed by atoms with Crippen LogP contribution in [0.2, 0.25) is 0 Å². The normalized spacial score (nSPS) is 14.9. The molecule has 0 bridgehead atoms. The molecule has 0 atom stereocenters. The van der Waals surface area contributed by atoms with E-state index in [1.165, 1.54) is 5.56 Å². The highest BCUT2D eigenvalue weighted by Crippen LogP contribution is 2.29. The minimum Gasteiger partial charge on any atom is -0.368 e. The van der Waals surface area contributed by atoms with Crippen molar-refractivity contribution < 1.29 is 0 Å². The predicted octanol–water partition coefficient (Wildman–Crippen LogP) is 5.24. The molecule has 1 N–H and O–H groups in total. The molecule has 0 saturated carbocycles. The highest BCUT2D eigenvalue weighted by molar-refractivity contribution is 5.71. The molecule has 1 aliphatic heterocycles. The van der Waals surface area contributed by atoms with Crippen molar-refractivity contribution in [3.63, 3.8) is 0 Å². The summed E-state index contributed by atoms with van der Waals surface area (Å²) in [6.45, 7) is 7.42. The molecule has 4 aromatic rings. The lowest BCUT2D eigenvalue weighted by Crippen LogP contribution is -2.36. The number of piperidine rings is 1. The Balaban J connectivity index is 1.33. The fourth-order valence-electron chi connectivity index (χ4n) is 4.53. The smallest absolute Gasteiger partial charge is 0.182 e. The second-order valence-electron chi connectivity index (χ2n) is 8.86. The van der Waals surface area contributed by atoms with Crippen LogP contribution in [0.5, 0.6) is 0 Å². The molecule has 32 heavy (non-hydrogen) atoms. The summed E-state index contributed by atoms with van der Waals surface area (Å²) in [4.78, 5) is 11.8. The number of rotatable bonds is 6. The zero-order valence-electron chi connectivity index (χ0n) is 18.8. The van der Waals surface area contributed by atoms with Gasteiger partial charge in [0.05, 0.1) is 0 Å². The third-order valence-electron chi connectivity index (χ3n) is 6.36. The van der Waals surface area contributed by atoms with Crippen LogP contribution in [-0.4, -0.2) is 39.2 Å². The number of hydrogen-bond donors (Lipinski definition) is 1. The molecule has 5 rings (SSSR count). The van der Waals surface area contributed by atoms with Gasteiger partial charge in [-0.25, -0.2) is 14.5 Å². The number of hydrogen-bond acceptors (Lipinski definition) is 5. The maximum Gasteiger partial charge on any atom is 0.182 e. The number of nitrogens with one attached hydrogen (secondary N) is 1. The SMILES string of the molecule is CC(C)c1ccccc1-c1nc(NCC2CCN(c3ccccn3)CC2)c2cccn2n1. The van der Waals surface area contributed by atoms with Gasteiger partial charge >= 0.3 is 0 Å². The van der Waals surface area contributed by atoms with Gasteiger partial charge in [-0.3, -0.25) is 0 Å². The van der Waals surface area contributed by atoms with Crippen molar-refractivity contribution in [1.82, 2.24) is 19.6 Å². The largest absolute Gasteiger partial charge is 0.368 e. The highest BCUT2D eigenvalue weighted by atomic mass is 15.3. The first kappa shape index (κ1) is 20.5. The van der Waals surface area contributed by atoms with E-state index < -0.39 is 0 Å². The predicted molar refractivity (Wildman–Crippen MR) is 130 cm³/mol. The van der Waals surface area contributed by atoms with Gasteiger partial charge in [0.1, 0.15) is 11.3 Å². The summed E-state index contributed by atoms with van der Waals surface area (Å²) in [5, 5.41) is 8.45. The Morgan fingerprint density at radius 1 is 1.00 bits per heavy atom. The summed E-state index contributed by atoms with van der Waals surface area (Å²) in [6.07, 6.45) is 6.16. The third kappa shape index (κ3) is 4.17. The van der Waals surface area contributed by atoms with Gasteiger partial charge in [-0.15, -0.1) is 5.10 Å². The van der Waals surface area contributed by atoms with Crippen LogP contribution in [0.3, 0.4) is 0 Å². The summed E-state index contributed by atoms with van der Waals surface area (Å²) in [6, 6.07) is 18.7. The molecular formula is C26H30N6. The van der Waals surface area contributed by atoms with E-state index in [2.05, 4.69) is 71.5 Å². The summed E-state index contributed by atoms with van der Waals surface area (Å²) in [7, 11) is 0. The Morgan fingerprint density at radius 2 is 1.81 bits per heavy atom. The molecule has 6 nitrogen and oxygen atoms in total. The molecule has 1 aromatic carbocycles. The Kier molecular flexibility index (Phi) is 5.75. The van der Waals surface area contributed by atoms with E-state index in [1.54, 1.807) is 0 Å². The maximum absolute atomic E-state index is 4.97. The van der Waals surface area contributed by atoms with Crippen molar-refractivity contribution >= 4 is 17.2 Å². The molecule has 0 aliphatic carbocycles. The van der Waals surface area contributed by atoms with E-state index in [0.29, 0.717) is 11.8 Å². The molecule has 4 heterocycles. The summed E-state index contributed by atoms with van der Waals surface area (Å²) < 4.78 is 1.94. The number of pyridine rings is 1. The van der Waals surface area contributed by atoms with Gasteiger partial charge in [0.15, 0.2) is 11.6 Å². The van der Waals surface area contributed by atoms with Crippen LogP contribution in [-0.2, 0) is 0 Å². The monoisotopic (exact) mass is 426 g/mol.